The first-order valence-electron chi connectivity index (χ1n) is 11.2. The first-order chi connectivity index (χ1) is 14.6. The number of aromatic amines is 1. The fourth-order valence-electron chi connectivity index (χ4n) is 4.92. The Labute approximate surface area is 179 Å². The molecule has 4 rings (SSSR count). The fourth-order valence-corrected chi connectivity index (χ4v) is 4.92. The van der Waals surface area contributed by atoms with Gasteiger partial charge in [-0.3, -0.25) is 24.7 Å². The van der Waals surface area contributed by atoms with Crippen LogP contribution < -0.4 is 0 Å². The molecule has 0 bridgehead atoms. The Morgan fingerprint density at radius 1 is 1.27 bits per heavy atom. The van der Waals surface area contributed by atoms with Gasteiger partial charge in [-0.25, -0.2) is 0 Å². The number of nitrogens with one attached hydrogen (secondary N) is 1. The van der Waals surface area contributed by atoms with Crippen molar-refractivity contribution < 1.29 is 4.79 Å². The number of piperidine rings is 2. The summed E-state index contributed by atoms with van der Waals surface area (Å²) >= 11 is 0. The maximum atomic E-state index is 13.0. The Kier molecular flexibility index (Phi) is 6.79. The van der Waals surface area contributed by atoms with Crippen molar-refractivity contribution in [3.8, 4) is 0 Å². The van der Waals surface area contributed by atoms with Gasteiger partial charge in [0.1, 0.15) is 0 Å². The van der Waals surface area contributed by atoms with Crippen LogP contribution in [0.25, 0.3) is 0 Å². The lowest BCUT2D eigenvalue weighted by molar-refractivity contribution is -0.137. The zero-order chi connectivity index (χ0) is 20.9. The van der Waals surface area contributed by atoms with Gasteiger partial charge in [0.05, 0.1) is 18.2 Å². The smallest absolute Gasteiger partial charge is 0.227 e. The highest BCUT2D eigenvalue weighted by Gasteiger charge is 2.32. The molecule has 2 fully saturated rings. The number of carbonyl (C=O) groups excluding carboxylic acids is 1. The molecular weight excluding hydrogens is 376 g/mol. The summed E-state index contributed by atoms with van der Waals surface area (Å²) in [6.07, 6.45) is 8.28. The van der Waals surface area contributed by atoms with Gasteiger partial charge < -0.3 is 4.90 Å². The van der Waals surface area contributed by atoms with E-state index in [-0.39, 0.29) is 11.8 Å². The van der Waals surface area contributed by atoms with Gasteiger partial charge in [-0.1, -0.05) is 6.07 Å². The van der Waals surface area contributed by atoms with E-state index < -0.39 is 0 Å². The van der Waals surface area contributed by atoms with Gasteiger partial charge in [0.15, 0.2) is 0 Å². The Bertz CT molecular complexity index is 814. The molecule has 162 valence electrons. The minimum Gasteiger partial charge on any atom is -0.340 e. The number of amides is 1. The van der Waals surface area contributed by atoms with E-state index in [1.54, 1.807) is 0 Å². The van der Waals surface area contributed by atoms with E-state index in [4.69, 9.17) is 0 Å². The molecule has 4 heterocycles. The summed E-state index contributed by atoms with van der Waals surface area (Å²) in [5.74, 6) is 0.367. The molecule has 0 spiro atoms. The van der Waals surface area contributed by atoms with Crippen LogP contribution in [0.5, 0.6) is 0 Å². The maximum absolute atomic E-state index is 13.0. The molecule has 2 aromatic rings. The van der Waals surface area contributed by atoms with Crippen LogP contribution in [-0.4, -0.2) is 75.1 Å². The van der Waals surface area contributed by atoms with E-state index in [0.717, 1.165) is 57.0 Å². The number of aromatic nitrogens is 3. The highest BCUT2D eigenvalue weighted by atomic mass is 16.2. The molecule has 2 aliphatic heterocycles. The van der Waals surface area contributed by atoms with E-state index >= 15 is 0 Å². The molecule has 2 aromatic heterocycles. The molecule has 2 saturated heterocycles. The monoisotopic (exact) mass is 410 g/mol. The predicted octanol–water partition coefficient (Wildman–Crippen LogP) is 2.45. The quantitative estimate of drug-likeness (QED) is 0.792. The van der Waals surface area contributed by atoms with Crippen LogP contribution in [0.2, 0.25) is 0 Å². The van der Waals surface area contributed by atoms with Crippen molar-refractivity contribution in [1.29, 1.82) is 0 Å². The van der Waals surface area contributed by atoms with Crippen LogP contribution in [-0.2, 0) is 17.9 Å². The van der Waals surface area contributed by atoms with Gasteiger partial charge in [0.25, 0.3) is 0 Å². The number of pyridine rings is 1. The molecule has 0 unspecified atom stereocenters. The number of carbonyl (C=O) groups is 1. The molecule has 7 nitrogen and oxygen atoms in total. The summed E-state index contributed by atoms with van der Waals surface area (Å²) in [6, 6.07) is 6.78. The van der Waals surface area contributed by atoms with E-state index in [1.165, 1.54) is 18.4 Å². The van der Waals surface area contributed by atoms with Gasteiger partial charge in [0, 0.05) is 44.3 Å². The second kappa shape index (κ2) is 9.71. The average molecular weight is 411 g/mol. The number of H-pyrrole nitrogens is 1. The zero-order valence-corrected chi connectivity index (χ0v) is 18.3. The molecular formula is C23H34N6O. The second-order valence-corrected chi connectivity index (χ2v) is 8.94. The maximum Gasteiger partial charge on any atom is 0.227 e. The predicted molar refractivity (Wildman–Crippen MR) is 117 cm³/mol. The molecule has 0 aromatic carbocycles. The Hall–Kier alpha value is -2.25. The summed E-state index contributed by atoms with van der Waals surface area (Å²) in [4.78, 5) is 24.2. The van der Waals surface area contributed by atoms with Crippen LogP contribution in [0.1, 0.15) is 42.6 Å². The average Bonchev–Trinajstić information content (AvgIpc) is 3.19. The van der Waals surface area contributed by atoms with Crippen molar-refractivity contribution in [2.75, 3.05) is 33.2 Å². The third-order valence-corrected chi connectivity index (χ3v) is 6.54. The van der Waals surface area contributed by atoms with Gasteiger partial charge in [0.2, 0.25) is 5.91 Å². The molecule has 2 aliphatic rings. The molecule has 0 saturated carbocycles. The van der Waals surface area contributed by atoms with Crippen molar-refractivity contribution in [3.63, 3.8) is 0 Å². The third-order valence-electron chi connectivity index (χ3n) is 6.54. The topological polar surface area (TPSA) is 68.4 Å². The van der Waals surface area contributed by atoms with Crippen molar-refractivity contribution >= 4 is 5.91 Å². The number of rotatable bonds is 6. The highest BCUT2D eigenvalue weighted by Crippen LogP contribution is 2.25. The summed E-state index contributed by atoms with van der Waals surface area (Å²) in [5.41, 5.74) is 3.25. The molecule has 0 radical (unpaired) electrons. The van der Waals surface area contributed by atoms with Crippen LogP contribution in [0.3, 0.4) is 0 Å². The van der Waals surface area contributed by atoms with Crippen LogP contribution >= 0.6 is 0 Å². The van der Waals surface area contributed by atoms with Crippen LogP contribution in [0, 0.1) is 12.8 Å². The van der Waals surface area contributed by atoms with Gasteiger partial charge in [-0.05, 0) is 69.9 Å². The molecule has 7 heteroatoms. The first-order valence-corrected chi connectivity index (χ1v) is 11.2. The number of hydrogen-bond acceptors (Lipinski definition) is 5. The molecule has 1 amide bonds. The third kappa shape index (κ3) is 5.26. The van der Waals surface area contributed by atoms with Crippen molar-refractivity contribution in [1.82, 2.24) is 29.9 Å². The molecule has 1 N–H and O–H groups in total. The van der Waals surface area contributed by atoms with Gasteiger partial charge >= 0.3 is 0 Å². The summed E-state index contributed by atoms with van der Waals surface area (Å²) in [6.45, 7) is 7.81. The number of nitrogens with zero attached hydrogens (tertiary/aromatic N) is 5. The Morgan fingerprint density at radius 2 is 2.10 bits per heavy atom. The summed E-state index contributed by atoms with van der Waals surface area (Å²) in [7, 11) is 1.90. The normalized spacial score (nSPS) is 21.6. The molecule has 0 aliphatic carbocycles. The summed E-state index contributed by atoms with van der Waals surface area (Å²) in [5, 5.41) is 7.23. The largest absolute Gasteiger partial charge is 0.340 e. The summed E-state index contributed by atoms with van der Waals surface area (Å²) < 4.78 is 0. The van der Waals surface area contributed by atoms with Crippen LogP contribution in [0.15, 0.2) is 30.6 Å². The van der Waals surface area contributed by atoms with Crippen molar-refractivity contribution in [2.24, 2.45) is 5.92 Å². The van der Waals surface area contributed by atoms with Crippen LogP contribution in [0.4, 0.5) is 0 Å². The fraction of sp³-hybridized carbons (Fsp3) is 0.609. The highest BCUT2D eigenvalue weighted by molar-refractivity contribution is 5.78. The second-order valence-electron chi connectivity index (χ2n) is 8.94. The lowest BCUT2D eigenvalue weighted by Crippen LogP contribution is -2.50. The number of likely N-dealkylation sites (tertiary alicyclic amines) is 2. The zero-order valence-electron chi connectivity index (χ0n) is 18.3. The number of hydrogen-bond donors (Lipinski definition) is 1. The van der Waals surface area contributed by atoms with E-state index in [2.05, 4.69) is 31.0 Å². The standard InChI is InChI=1S/C23H34N6O/c1-18-13-21(26-25-18)17-27(2)23(30)20-6-4-10-29(16-20)22-7-11-28(12-8-22)15-19-5-3-9-24-14-19/h3,5,9,13-14,20,22H,4,6-8,10-12,15-17H2,1-2H3,(H,25,26)/t20-/m1/s1. The first kappa shape index (κ1) is 21.0. The minimum atomic E-state index is 0.109. The lowest BCUT2D eigenvalue weighted by Gasteiger charge is -2.42. The van der Waals surface area contributed by atoms with Gasteiger partial charge in [-0.2, -0.15) is 5.10 Å². The Morgan fingerprint density at radius 3 is 2.80 bits per heavy atom. The minimum absolute atomic E-state index is 0.109. The van der Waals surface area contributed by atoms with E-state index in [9.17, 15) is 4.79 Å². The Balaban J connectivity index is 1.26. The molecule has 30 heavy (non-hydrogen) atoms. The van der Waals surface area contributed by atoms with Crippen molar-refractivity contribution in [3.05, 3.63) is 47.5 Å². The SMILES string of the molecule is Cc1cc(CN(C)C(=O)[C@@H]2CCCN(C3CCN(Cc4cccnc4)CC3)C2)n[nH]1. The number of aryl methyl sites for hydroxylation is 1. The molecule has 1 atom stereocenters. The van der Waals surface area contributed by atoms with Crippen molar-refractivity contribution in [2.45, 2.75) is 51.7 Å². The van der Waals surface area contributed by atoms with Gasteiger partial charge in [-0.15, -0.1) is 0 Å². The van der Waals surface area contributed by atoms with E-state index in [0.29, 0.717) is 12.6 Å². The lowest BCUT2D eigenvalue weighted by atomic mass is 9.93. The van der Waals surface area contributed by atoms with E-state index in [1.807, 2.05) is 43.4 Å².